The highest BCUT2D eigenvalue weighted by Gasteiger charge is 2.21. The Labute approximate surface area is 177 Å². The normalized spacial score (nSPS) is 14.0. The number of benzene rings is 2. The lowest BCUT2D eigenvalue weighted by molar-refractivity contribution is -0.116. The van der Waals surface area contributed by atoms with Crippen molar-refractivity contribution in [3.8, 4) is 11.1 Å². The summed E-state index contributed by atoms with van der Waals surface area (Å²) in [7, 11) is 0. The molecule has 6 nitrogen and oxygen atoms in total. The van der Waals surface area contributed by atoms with Crippen LogP contribution in [0.15, 0.2) is 48.7 Å². The second kappa shape index (κ2) is 8.71. The van der Waals surface area contributed by atoms with E-state index in [-0.39, 0.29) is 12.5 Å². The van der Waals surface area contributed by atoms with E-state index < -0.39 is 0 Å². The third-order valence-corrected chi connectivity index (χ3v) is 5.45. The topological polar surface area (TPSA) is 59.4 Å². The Bertz CT molecular complexity index is 1050. The van der Waals surface area contributed by atoms with Crippen molar-refractivity contribution in [3.63, 3.8) is 0 Å². The minimum Gasteiger partial charge on any atom is -0.378 e. The lowest BCUT2D eigenvalue weighted by Gasteiger charge is -2.27. The van der Waals surface area contributed by atoms with E-state index in [0.717, 1.165) is 41.3 Å². The summed E-state index contributed by atoms with van der Waals surface area (Å²) >= 11 is 0. The third kappa shape index (κ3) is 4.39. The van der Waals surface area contributed by atoms with E-state index in [9.17, 15) is 4.79 Å². The van der Waals surface area contributed by atoms with Crippen LogP contribution < -0.4 is 10.2 Å². The van der Waals surface area contributed by atoms with E-state index in [4.69, 9.17) is 9.84 Å². The number of nitrogens with zero attached hydrogens (tertiary/aromatic N) is 3. The van der Waals surface area contributed by atoms with E-state index in [2.05, 4.69) is 35.3 Å². The molecule has 2 heterocycles. The summed E-state index contributed by atoms with van der Waals surface area (Å²) in [6.07, 6.45) is 1.98. The molecule has 156 valence electrons. The van der Waals surface area contributed by atoms with Crippen LogP contribution in [0.1, 0.15) is 16.7 Å². The highest BCUT2D eigenvalue weighted by molar-refractivity contribution is 5.91. The van der Waals surface area contributed by atoms with Gasteiger partial charge in [0.2, 0.25) is 5.91 Å². The quantitative estimate of drug-likeness (QED) is 0.700. The third-order valence-electron chi connectivity index (χ3n) is 5.45. The van der Waals surface area contributed by atoms with Crippen molar-refractivity contribution in [1.29, 1.82) is 0 Å². The number of carbonyl (C=O) groups is 1. The fourth-order valence-corrected chi connectivity index (χ4v) is 3.86. The molecule has 0 spiro atoms. The first-order valence-electron chi connectivity index (χ1n) is 10.3. The fourth-order valence-electron chi connectivity index (χ4n) is 3.86. The van der Waals surface area contributed by atoms with E-state index >= 15 is 0 Å². The average Bonchev–Trinajstić information content (AvgIpc) is 3.14. The van der Waals surface area contributed by atoms with E-state index in [1.54, 1.807) is 4.68 Å². The van der Waals surface area contributed by atoms with Gasteiger partial charge in [-0.1, -0.05) is 42.0 Å². The molecular weight excluding hydrogens is 376 g/mol. The monoisotopic (exact) mass is 404 g/mol. The molecule has 0 saturated carbocycles. The zero-order valence-electron chi connectivity index (χ0n) is 17.8. The number of morpholine rings is 1. The number of aryl methyl sites for hydroxylation is 3. The first-order chi connectivity index (χ1) is 14.5. The maximum absolute atomic E-state index is 12.7. The predicted molar refractivity (Wildman–Crippen MR) is 120 cm³/mol. The van der Waals surface area contributed by atoms with Crippen molar-refractivity contribution in [2.24, 2.45) is 0 Å². The van der Waals surface area contributed by atoms with Gasteiger partial charge in [-0.2, -0.15) is 5.10 Å². The maximum atomic E-state index is 12.7. The molecule has 1 fully saturated rings. The molecule has 4 rings (SSSR count). The molecule has 1 saturated heterocycles. The van der Waals surface area contributed by atoms with Gasteiger partial charge >= 0.3 is 0 Å². The van der Waals surface area contributed by atoms with Crippen molar-refractivity contribution >= 4 is 17.4 Å². The number of amides is 1. The zero-order chi connectivity index (χ0) is 21.1. The molecule has 0 aliphatic carbocycles. The highest BCUT2D eigenvalue weighted by Crippen LogP contribution is 2.32. The number of ether oxygens (including phenoxy) is 1. The molecule has 0 radical (unpaired) electrons. The maximum Gasteiger partial charge on any atom is 0.246 e. The van der Waals surface area contributed by atoms with Gasteiger partial charge < -0.3 is 15.0 Å². The van der Waals surface area contributed by atoms with Crippen LogP contribution in [0, 0.1) is 20.8 Å². The summed E-state index contributed by atoms with van der Waals surface area (Å²) in [5.74, 6) is 0.821. The van der Waals surface area contributed by atoms with Crippen LogP contribution in [-0.4, -0.2) is 42.0 Å². The van der Waals surface area contributed by atoms with Crippen LogP contribution in [0.5, 0.6) is 0 Å². The minimum atomic E-state index is -0.0886. The van der Waals surface area contributed by atoms with Crippen LogP contribution in [-0.2, 0) is 16.1 Å². The van der Waals surface area contributed by atoms with Gasteiger partial charge in [0.25, 0.3) is 0 Å². The first-order valence-corrected chi connectivity index (χ1v) is 10.3. The predicted octanol–water partition coefficient (Wildman–Crippen LogP) is 3.95. The largest absolute Gasteiger partial charge is 0.378 e. The Morgan fingerprint density at radius 1 is 1.03 bits per heavy atom. The summed E-state index contributed by atoms with van der Waals surface area (Å²) in [5, 5.41) is 7.81. The minimum absolute atomic E-state index is 0.0886. The van der Waals surface area contributed by atoms with Crippen LogP contribution in [0.2, 0.25) is 0 Å². The van der Waals surface area contributed by atoms with Crippen LogP contribution >= 0.6 is 0 Å². The molecule has 1 aliphatic rings. The molecular formula is C24H28N4O2. The molecule has 6 heteroatoms. The van der Waals surface area contributed by atoms with Gasteiger partial charge in [0.05, 0.1) is 13.2 Å². The summed E-state index contributed by atoms with van der Waals surface area (Å²) in [5.41, 5.74) is 6.44. The molecule has 3 aromatic rings. The number of aromatic nitrogens is 2. The lowest BCUT2D eigenvalue weighted by Crippen LogP contribution is -2.37. The number of hydrogen-bond donors (Lipinski definition) is 1. The molecule has 0 atom stereocenters. The Hall–Kier alpha value is -3.12. The zero-order valence-corrected chi connectivity index (χ0v) is 17.8. The van der Waals surface area contributed by atoms with Crippen molar-refractivity contribution in [2.75, 3.05) is 36.5 Å². The first kappa shape index (κ1) is 20.2. The summed E-state index contributed by atoms with van der Waals surface area (Å²) in [6.45, 7) is 9.28. The molecule has 1 N–H and O–H groups in total. The Kier molecular flexibility index (Phi) is 5.86. The Morgan fingerprint density at radius 3 is 2.53 bits per heavy atom. The molecule has 2 aromatic carbocycles. The number of nitrogens with one attached hydrogen (secondary N) is 1. The summed E-state index contributed by atoms with van der Waals surface area (Å²) in [6, 6.07) is 14.3. The molecule has 1 amide bonds. The molecule has 30 heavy (non-hydrogen) atoms. The number of rotatable bonds is 5. The van der Waals surface area contributed by atoms with Crippen LogP contribution in [0.25, 0.3) is 11.1 Å². The summed E-state index contributed by atoms with van der Waals surface area (Å²) in [4.78, 5) is 15.0. The SMILES string of the molecule is Cc1ccc(NC(=O)Cn2cc(-c3ccccc3C)c(N3CCOCC3)n2)c(C)c1. The second-order valence-electron chi connectivity index (χ2n) is 7.84. The van der Waals surface area contributed by atoms with E-state index in [0.29, 0.717) is 13.2 Å². The lowest BCUT2D eigenvalue weighted by atomic mass is 10.0. The molecule has 0 unspecified atom stereocenters. The van der Waals surface area contributed by atoms with Gasteiger partial charge in [-0.15, -0.1) is 0 Å². The second-order valence-corrected chi connectivity index (χ2v) is 7.84. The Balaban J connectivity index is 1.60. The van der Waals surface area contributed by atoms with Crippen molar-refractivity contribution in [1.82, 2.24) is 9.78 Å². The van der Waals surface area contributed by atoms with Gasteiger partial charge in [0.1, 0.15) is 6.54 Å². The standard InChI is InChI=1S/C24H28N4O2/c1-17-8-9-22(19(3)14-17)25-23(29)16-28-15-21(20-7-5-4-6-18(20)2)24(26-28)27-10-12-30-13-11-27/h4-9,14-15H,10-13,16H2,1-3H3,(H,25,29). The van der Waals surface area contributed by atoms with Crippen LogP contribution in [0.4, 0.5) is 11.5 Å². The van der Waals surface area contributed by atoms with Crippen LogP contribution in [0.3, 0.4) is 0 Å². The molecule has 0 bridgehead atoms. The van der Waals surface area contributed by atoms with Gasteiger partial charge in [-0.05, 0) is 43.5 Å². The fraction of sp³-hybridized carbons (Fsp3) is 0.333. The Morgan fingerprint density at radius 2 is 1.80 bits per heavy atom. The van der Waals surface area contributed by atoms with Crippen molar-refractivity contribution < 1.29 is 9.53 Å². The van der Waals surface area contributed by atoms with Crippen molar-refractivity contribution in [2.45, 2.75) is 27.3 Å². The average molecular weight is 405 g/mol. The van der Waals surface area contributed by atoms with Gasteiger partial charge in [0, 0.05) is 30.5 Å². The number of anilines is 2. The molecule has 1 aromatic heterocycles. The van der Waals surface area contributed by atoms with Gasteiger partial charge in [-0.3, -0.25) is 9.48 Å². The molecule has 1 aliphatic heterocycles. The van der Waals surface area contributed by atoms with E-state index in [1.165, 1.54) is 11.1 Å². The number of hydrogen-bond acceptors (Lipinski definition) is 4. The van der Waals surface area contributed by atoms with Crippen molar-refractivity contribution in [3.05, 3.63) is 65.4 Å². The highest BCUT2D eigenvalue weighted by atomic mass is 16.5. The summed E-state index contributed by atoms with van der Waals surface area (Å²) < 4.78 is 7.25. The number of carbonyl (C=O) groups excluding carboxylic acids is 1. The smallest absolute Gasteiger partial charge is 0.246 e. The van der Waals surface area contributed by atoms with E-state index in [1.807, 2.05) is 44.3 Å². The van der Waals surface area contributed by atoms with Gasteiger partial charge in [0.15, 0.2) is 5.82 Å². The van der Waals surface area contributed by atoms with Gasteiger partial charge in [-0.25, -0.2) is 0 Å².